The van der Waals surface area contributed by atoms with E-state index in [9.17, 15) is 18.0 Å². The fourth-order valence-corrected chi connectivity index (χ4v) is 6.37. The lowest BCUT2D eigenvalue weighted by Crippen LogP contribution is -2.47. The normalized spacial score (nSPS) is 19.7. The molecule has 1 atom stereocenters. The van der Waals surface area contributed by atoms with Gasteiger partial charge in [0.1, 0.15) is 6.04 Å². The maximum atomic E-state index is 13.1. The number of hydrogen-bond acceptors (Lipinski definition) is 6. The van der Waals surface area contributed by atoms with Gasteiger partial charge in [-0.15, -0.1) is 0 Å². The number of amides is 2. The highest BCUT2D eigenvalue weighted by Gasteiger charge is 2.38. The monoisotopic (exact) mass is 485 g/mol. The molecule has 2 aromatic rings. The van der Waals surface area contributed by atoms with Crippen LogP contribution in [0.3, 0.4) is 0 Å². The molecule has 2 amide bonds. The number of anilines is 1. The van der Waals surface area contributed by atoms with Crippen molar-refractivity contribution in [2.45, 2.75) is 50.1 Å². The zero-order chi connectivity index (χ0) is 23.9. The molecule has 1 fully saturated rings. The molecule has 0 unspecified atom stereocenters. The fourth-order valence-electron chi connectivity index (χ4n) is 4.80. The van der Waals surface area contributed by atoms with Crippen LogP contribution in [-0.4, -0.2) is 50.5 Å². The van der Waals surface area contributed by atoms with E-state index < -0.39 is 16.1 Å². The highest BCUT2D eigenvalue weighted by atomic mass is 32.2. The van der Waals surface area contributed by atoms with Crippen LogP contribution in [0.5, 0.6) is 11.5 Å². The lowest BCUT2D eigenvalue weighted by molar-refractivity contribution is -0.125. The van der Waals surface area contributed by atoms with Crippen LogP contribution in [-0.2, 0) is 32.6 Å². The van der Waals surface area contributed by atoms with Gasteiger partial charge in [0, 0.05) is 38.7 Å². The molecule has 10 heteroatoms. The van der Waals surface area contributed by atoms with E-state index in [1.165, 1.54) is 22.2 Å². The number of nitrogens with zero attached hydrogens (tertiary/aromatic N) is 2. The summed E-state index contributed by atoms with van der Waals surface area (Å²) in [5, 5.41) is 2.89. The number of carbonyl (C=O) groups excluding carboxylic acids is 2. The minimum Gasteiger partial charge on any atom is -0.454 e. The summed E-state index contributed by atoms with van der Waals surface area (Å²) in [5.74, 6) is 0.727. The Morgan fingerprint density at radius 1 is 1.03 bits per heavy atom. The lowest BCUT2D eigenvalue weighted by atomic mass is 10.1. The van der Waals surface area contributed by atoms with Gasteiger partial charge in [-0.25, -0.2) is 8.42 Å². The molecule has 0 radical (unpaired) electrons. The Labute approximate surface area is 198 Å². The number of ether oxygens (including phenoxy) is 2. The summed E-state index contributed by atoms with van der Waals surface area (Å²) in [6, 6.07) is 9.49. The van der Waals surface area contributed by atoms with Crippen molar-refractivity contribution in [2.75, 3.05) is 24.8 Å². The average molecular weight is 486 g/mol. The van der Waals surface area contributed by atoms with Gasteiger partial charge in [-0.1, -0.05) is 12.5 Å². The third kappa shape index (κ3) is 4.12. The first kappa shape index (κ1) is 22.7. The van der Waals surface area contributed by atoms with Crippen molar-refractivity contribution in [1.29, 1.82) is 0 Å². The Morgan fingerprint density at radius 3 is 2.56 bits per heavy atom. The number of rotatable bonds is 5. The quantitative estimate of drug-likeness (QED) is 0.696. The smallest absolute Gasteiger partial charge is 0.243 e. The van der Waals surface area contributed by atoms with Crippen LogP contribution in [0.25, 0.3) is 0 Å². The van der Waals surface area contributed by atoms with Gasteiger partial charge in [0.15, 0.2) is 11.5 Å². The number of sulfonamides is 1. The van der Waals surface area contributed by atoms with Crippen LogP contribution >= 0.6 is 0 Å². The van der Waals surface area contributed by atoms with Crippen LogP contribution in [0.2, 0.25) is 0 Å². The molecule has 2 aromatic carbocycles. The van der Waals surface area contributed by atoms with Gasteiger partial charge in [0.25, 0.3) is 0 Å². The molecular weight excluding hydrogens is 458 g/mol. The summed E-state index contributed by atoms with van der Waals surface area (Å²) in [5.41, 5.74) is 2.10. The van der Waals surface area contributed by atoms with Gasteiger partial charge < -0.3 is 14.8 Å². The number of fused-ring (bicyclic) bond motifs is 2. The Balaban J connectivity index is 1.33. The van der Waals surface area contributed by atoms with Crippen molar-refractivity contribution in [3.63, 3.8) is 0 Å². The summed E-state index contributed by atoms with van der Waals surface area (Å²) < 4.78 is 38.4. The lowest BCUT2D eigenvalue weighted by Gasteiger charge is -2.26. The van der Waals surface area contributed by atoms with Gasteiger partial charge in [-0.05, 0) is 54.3 Å². The van der Waals surface area contributed by atoms with Crippen molar-refractivity contribution < 1.29 is 27.5 Å². The second-order valence-corrected chi connectivity index (χ2v) is 10.7. The van der Waals surface area contributed by atoms with E-state index in [1.807, 2.05) is 12.1 Å². The van der Waals surface area contributed by atoms with Crippen LogP contribution in [0, 0.1) is 0 Å². The highest BCUT2D eigenvalue weighted by Crippen LogP contribution is 2.36. The van der Waals surface area contributed by atoms with Gasteiger partial charge in [0.2, 0.25) is 28.6 Å². The predicted molar refractivity (Wildman–Crippen MR) is 124 cm³/mol. The maximum Gasteiger partial charge on any atom is 0.243 e. The van der Waals surface area contributed by atoms with Crippen molar-refractivity contribution in [1.82, 2.24) is 9.62 Å². The summed E-state index contributed by atoms with van der Waals surface area (Å²) in [4.78, 5) is 27.2. The zero-order valence-electron chi connectivity index (χ0n) is 19.0. The molecular formula is C24H27N3O6S. The number of benzene rings is 2. The van der Waals surface area contributed by atoms with E-state index in [4.69, 9.17) is 9.47 Å². The summed E-state index contributed by atoms with van der Waals surface area (Å²) in [6.45, 7) is 2.89. The first-order valence-corrected chi connectivity index (χ1v) is 12.9. The molecule has 34 heavy (non-hydrogen) atoms. The van der Waals surface area contributed by atoms with Crippen LogP contribution in [0.4, 0.5) is 5.69 Å². The predicted octanol–water partition coefficient (Wildman–Crippen LogP) is 2.18. The largest absolute Gasteiger partial charge is 0.454 e. The van der Waals surface area contributed by atoms with Crippen molar-refractivity contribution in [3.05, 3.63) is 47.5 Å². The Morgan fingerprint density at radius 2 is 1.79 bits per heavy atom. The molecule has 180 valence electrons. The van der Waals surface area contributed by atoms with Crippen LogP contribution in [0.15, 0.2) is 41.3 Å². The van der Waals surface area contributed by atoms with E-state index in [0.29, 0.717) is 35.8 Å². The number of carbonyl (C=O) groups is 2. The van der Waals surface area contributed by atoms with E-state index >= 15 is 0 Å². The third-order valence-corrected chi connectivity index (χ3v) is 8.43. The number of nitrogens with one attached hydrogen (secondary N) is 1. The summed E-state index contributed by atoms with van der Waals surface area (Å²) in [6.07, 6.45) is 3.00. The van der Waals surface area contributed by atoms with E-state index in [2.05, 4.69) is 5.32 Å². The molecule has 0 aromatic heterocycles. The highest BCUT2D eigenvalue weighted by molar-refractivity contribution is 7.89. The molecule has 3 heterocycles. The third-order valence-electron chi connectivity index (χ3n) is 6.53. The molecule has 9 nitrogen and oxygen atoms in total. The average Bonchev–Trinajstić information content (AvgIpc) is 3.46. The molecule has 3 aliphatic rings. The molecule has 1 saturated heterocycles. The summed E-state index contributed by atoms with van der Waals surface area (Å²) >= 11 is 0. The summed E-state index contributed by atoms with van der Waals surface area (Å²) in [7, 11) is -3.60. The molecule has 0 spiro atoms. The van der Waals surface area contributed by atoms with E-state index in [0.717, 1.165) is 24.8 Å². The second kappa shape index (κ2) is 8.92. The first-order chi connectivity index (χ1) is 16.3. The fraction of sp³-hybridized carbons (Fsp3) is 0.417. The standard InChI is InChI=1S/C24H27N3O6S/c1-16(28)27-20-7-6-19(34(30,31)26-9-3-2-4-10-26)12-18(20)13-21(27)24(29)25-14-17-5-8-22-23(11-17)33-15-32-22/h5-8,11-12,21H,2-4,9-10,13-15H2,1H3,(H,25,29)/t21-/m1/s1. The molecule has 3 aliphatic heterocycles. The first-order valence-electron chi connectivity index (χ1n) is 11.4. The molecule has 0 aliphatic carbocycles. The Kier molecular flexibility index (Phi) is 5.95. The van der Waals surface area contributed by atoms with Gasteiger partial charge in [-0.3, -0.25) is 14.5 Å². The van der Waals surface area contributed by atoms with Crippen molar-refractivity contribution in [3.8, 4) is 11.5 Å². The molecule has 0 saturated carbocycles. The van der Waals surface area contributed by atoms with E-state index in [1.54, 1.807) is 18.2 Å². The van der Waals surface area contributed by atoms with Gasteiger partial charge in [-0.2, -0.15) is 4.31 Å². The van der Waals surface area contributed by atoms with E-state index in [-0.39, 0.29) is 36.5 Å². The molecule has 0 bridgehead atoms. The molecule has 1 N–H and O–H groups in total. The number of piperidine rings is 1. The Hall–Kier alpha value is -3.11. The van der Waals surface area contributed by atoms with Crippen LogP contribution in [0.1, 0.15) is 37.3 Å². The second-order valence-electron chi connectivity index (χ2n) is 8.77. The van der Waals surface area contributed by atoms with Crippen molar-refractivity contribution in [2.24, 2.45) is 0 Å². The molecule has 5 rings (SSSR count). The minimum atomic E-state index is -3.60. The minimum absolute atomic E-state index is 0.175. The zero-order valence-corrected chi connectivity index (χ0v) is 19.8. The van der Waals surface area contributed by atoms with Gasteiger partial charge >= 0.3 is 0 Å². The topological polar surface area (TPSA) is 105 Å². The maximum absolute atomic E-state index is 13.1. The Bertz CT molecular complexity index is 1240. The number of hydrogen-bond donors (Lipinski definition) is 1. The SMILES string of the molecule is CC(=O)N1c2ccc(S(=O)(=O)N3CCCCC3)cc2C[C@@H]1C(=O)NCc1ccc2c(c1)OCO2. The van der Waals surface area contributed by atoms with Gasteiger partial charge in [0.05, 0.1) is 4.90 Å². The van der Waals surface area contributed by atoms with Crippen molar-refractivity contribution >= 4 is 27.5 Å². The van der Waals surface area contributed by atoms with Crippen LogP contribution < -0.4 is 19.7 Å².